The number of hydrogen-bond donors (Lipinski definition) is 2. The van der Waals surface area contributed by atoms with Gasteiger partial charge in [-0.1, -0.05) is 6.42 Å². The standard InChI is InChI=1S/C11H24N2O/c1-14-10-4-7-12-9-6-11-5-2-3-8-13-11/h11-13H,2-10H2,1H3. The molecule has 3 heteroatoms. The van der Waals surface area contributed by atoms with E-state index in [1.165, 1.54) is 32.2 Å². The van der Waals surface area contributed by atoms with Crippen LogP contribution in [0.4, 0.5) is 0 Å². The minimum atomic E-state index is 0.763. The van der Waals surface area contributed by atoms with E-state index in [0.29, 0.717) is 0 Å². The number of piperidine rings is 1. The van der Waals surface area contributed by atoms with E-state index in [2.05, 4.69) is 10.6 Å². The topological polar surface area (TPSA) is 33.3 Å². The highest BCUT2D eigenvalue weighted by Crippen LogP contribution is 2.08. The lowest BCUT2D eigenvalue weighted by Crippen LogP contribution is -2.36. The van der Waals surface area contributed by atoms with Gasteiger partial charge in [0, 0.05) is 19.8 Å². The third-order valence-electron chi connectivity index (χ3n) is 2.78. The van der Waals surface area contributed by atoms with Crippen LogP contribution in [0, 0.1) is 0 Å². The Morgan fingerprint density at radius 2 is 2.29 bits per heavy atom. The third-order valence-corrected chi connectivity index (χ3v) is 2.78. The second-order valence-electron chi connectivity index (χ2n) is 4.03. The van der Waals surface area contributed by atoms with E-state index in [1.807, 2.05) is 0 Å². The molecule has 1 unspecified atom stereocenters. The fourth-order valence-corrected chi connectivity index (χ4v) is 1.91. The van der Waals surface area contributed by atoms with Crippen molar-refractivity contribution in [3.05, 3.63) is 0 Å². The van der Waals surface area contributed by atoms with Crippen LogP contribution in [0.1, 0.15) is 32.1 Å². The normalized spacial score (nSPS) is 22.5. The molecule has 0 bridgehead atoms. The molecule has 1 heterocycles. The molecule has 0 spiro atoms. The van der Waals surface area contributed by atoms with Gasteiger partial charge in [0.15, 0.2) is 0 Å². The fraction of sp³-hybridized carbons (Fsp3) is 1.00. The van der Waals surface area contributed by atoms with Crippen molar-refractivity contribution < 1.29 is 4.74 Å². The van der Waals surface area contributed by atoms with Gasteiger partial charge < -0.3 is 15.4 Å². The van der Waals surface area contributed by atoms with Crippen LogP contribution in [0.5, 0.6) is 0 Å². The van der Waals surface area contributed by atoms with Gasteiger partial charge in [0.25, 0.3) is 0 Å². The second kappa shape index (κ2) is 8.21. The molecule has 2 N–H and O–H groups in total. The van der Waals surface area contributed by atoms with Crippen molar-refractivity contribution in [3.63, 3.8) is 0 Å². The molecule has 3 nitrogen and oxygen atoms in total. The van der Waals surface area contributed by atoms with Gasteiger partial charge in [-0.25, -0.2) is 0 Å². The van der Waals surface area contributed by atoms with Gasteiger partial charge in [-0.15, -0.1) is 0 Å². The van der Waals surface area contributed by atoms with Gasteiger partial charge >= 0.3 is 0 Å². The molecule has 1 aliphatic rings. The monoisotopic (exact) mass is 200 g/mol. The molecule has 0 aromatic rings. The number of nitrogens with one attached hydrogen (secondary N) is 2. The number of ether oxygens (including phenoxy) is 1. The van der Waals surface area contributed by atoms with E-state index in [-0.39, 0.29) is 0 Å². The fourth-order valence-electron chi connectivity index (χ4n) is 1.91. The average molecular weight is 200 g/mol. The van der Waals surface area contributed by atoms with E-state index < -0.39 is 0 Å². The molecular weight excluding hydrogens is 176 g/mol. The molecule has 14 heavy (non-hydrogen) atoms. The van der Waals surface area contributed by atoms with E-state index >= 15 is 0 Å². The summed E-state index contributed by atoms with van der Waals surface area (Å²) in [7, 11) is 1.76. The predicted molar refractivity (Wildman–Crippen MR) is 59.6 cm³/mol. The molecule has 0 saturated carbocycles. The predicted octanol–water partition coefficient (Wildman–Crippen LogP) is 1.14. The van der Waals surface area contributed by atoms with Gasteiger partial charge in [-0.2, -0.15) is 0 Å². The summed E-state index contributed by atoms with van der Waals surface area (Å²) in [4.78, 5) is 0. The minimum absolute atomic E-state index is 0.763. The minimum Gasteiger partial charge on any atom is -0.385 e. The van der Waals surface area contributed by atoms with Gasteiger partial charge in [0.2, 0.25) is 0 Å². The van der Waals surface area contributed by atoms with Crippen LogP contribution in [-0.4, -0.2) is 39.4 Å². The Balaban J connectivity index is 1.82. The van der Waals surface area contributed by atoms with Crippen LogP contribution in [-0.2, 0) is 4.74 Å². The maximum atomic E-state index is 4.99. The van der Waals surface area contributed by atoms with Crippen LogP contribution in [0.25, 0.3) is 0 Å². The van der Waals surface area contributed by atoms with Crippen LogP contribution in [0.2, 0.25) is 0 Å². The Kier molecular flexibility index (Phi) is 7.01. The quantitative estimate of drug-likeness (QED) is 0.605. The van der Waals surface area contributed by atoms with E-state index in [9.17, 15) is 0 Å². The van der Waals surface area contributed by atoms with Crippen molar-refractivity contribution >= 4 is 0 Å². The summed E-state index contributed by atoms with van der Waals surface area (Å²) in [6.45, 7) is 4.31. The smallest absolute Gasteiger partial charge is 0.0474 e. The lowest BCUT2D eigenvalue weighted by molar-refractivity contribution is 0.194. The molecule has 1 atom stereocenters. The first kappa shape index (κ1) is 12.0. The summed E-state index contributed by atoms with van der Waals surface area (Å²) >= 11 is 0. The van der Waals surface area contributed by atoms with E-state index in [1.54, 1.807) is 7.11 Å². The van der Waals surface area contributed by atoms with E-state index in [0.717, 1.165) is 32.2 Å². The van der Waals surface area contributed by atoms with Crippen LogP contribution < -0.4 is 10.6 Å². The Bertz CT molecular complexity index is 124. The maximum absolute atomic E-state index is 4.99. The summed E-state index contributed by atoms with van der Waals surface area (Å²) in [5, 5.41) is 7.00. The van der Waals surface area contributed by atoms with Gasteiger partial charge in [0.1, 0.15) is 0 Å². The van der Waals surface area contributed by atoms with Crippen molar-refractivity contribution in [2.24, 2.45) is 0 Å². The largest absolute Gasteiger partial charge is 0.385 e. The lowest BCUT2D eigenvalue weighted by Gasteiger charge is -2.23. The molecule has 0 amide bonds. The molecule has 1 saturated heterocycles. The Labute approximate surface area is 87.6 Å². The Morgan fingerprint density at radius 1 is 1.36 bits per heavy atom. The highest BCUT2D eigenvalue weighted by molar-refractivity contribution is 4.72. The number of hydrogen-bond acceptors (Lipinski definition) is 3. The van der Waals surface area contributed by atoms with E-state index in [4.69, 9.17) is 4.74 Å². The zero-order valence-electron chi connectivity index (χ0n) is 9.35. The second-order valence-corrected chi connectivity index (χ2v) is 4.03. The average Bonchev–Trinajstić information content (AvgIpc) is 2.25. The molecule has 0 radical (unpaired) electrons. The molecular formula is C11H24N2O. The Hall–Kier alpha value is -0.120. The summed E-state index contributed by atoms with van der Waals surface area (Å²) in [5.41, 5.74) is 0. The molecule has 0 aromatic heterocycles. The lowest BCUT2D eigenvalue weighted by atomic mass is 10.0. The molecule has 1 rings (SSSR count). The molecule has 0 aliphatic carbocycles. The van der Waals surface area contributed by atoms with Gasteiger partial charge in [-0.3, -0.25) is 0 Å². The van der Waals surface area contributed by atoms with Gasteiger partial charge in [0.05, 0.1) is 0 Å². The Morgan fingerprint density at radius 3 is 3.00 bits per heavy atom. The first-order valence-corrected chi connectivity index (χ1v) is 5.86. The summed E-state index contributed by atoms with van der Waals surface area (Å²) < 4.78 is 4.99. The first-order chi connectivity index (χ1) is 6.93. The number of methoxy groups -OCH3 is 1. The van der Waals surface area contributed by atoms with Crippen molar-refractivity contribution in [2.75, 3.05) is 33.4 Å². The summed E-state index contributed by atoms with van der Waals surface area (Å²) in [5.74, 6) is 0. The van der Waals surface area contributed by atoms with Crippen LogP contribution in [0.15, 0.2) is 0 Å². The molecule has 1 fully saturated rings. The summed E-state index contributed by atoms with van der Waals surface area (Å²) in [6.07, 6.45) is 6.51. The zero-order chi connectivity index (χ0) is 10.1. The van der Waals surface area contributed by atoms with Crippen molar-refractivity contribution in [3.8, 4) is 0 Å². The van der Waals surface area contributed by atoms with Crippen molar-refractivity contribution in [1.82, 2.24) is 10.6 Å². The number of rotatable bonds is 7. The van der Waals surface area contributed by atoms with Crippen molar-refractivity contribution in [1.29, 1.82) is 0 Å². The first-order valence-electron chi connectivity index (χ1n) is 5.86. The van der Waals surface area contributed by atoms with Crippen molar-refractivity contribution in [2.45, 2.75) is 38.1 Å². The van der Waals surface area contributed by atoms with Crippen LogP contribution in [0.3, 0.4) is 0 Å². The maximum Gasteiger partial charge on any atom is 0.0474 e. The highest BCUT2D eigenvalue weighted by atomic mass is 16.5. The summed E-state index contributed by atoms with van der Waals surface area (Å²) in [6, 6.07) is 0.763. The molecule has 84 valence electrons. The SMILES string of the molecule is COCCCNCCC1CCCCN1. The van der Waals surface area contributed by atoms with Gasteiger partial charge in [-0.05, 0) is 45.3 Å². The third kappa shape index (κ3) is 5.58. The van der Waals surface area contributed by atoms with Crippen LogP contribution >= 0.6 is 0 Å². The molecule has 1 aliphatic heterocycles. The highest BCUT2D eigenvalue weighted by Gasteiger charge is 2.10. The molecule has 0 aromatic carbocycles. The zero-order valence-corrected chi connectivity index (χ0v) is 9.35.